The fourth-order valence-corrected chi connectivity index (χ4v) is 3.74. The van der Waals surface area contributed by atoms with Crippen LogP contribution in [0.4, 0.5) is 0 Å². The van der Waals surface area contributed by atoms with Gasteiger partial charge in [-0.3, -0.25) is 19.2 Å². The van der Waals surface area contributed by atoms with Crippen LogP contribution in [-0.4, -0.2) is 37.6 Å². The lowest BCUT2D eigenvalue weighted by Crippen LogP contribution is -2.17. The summed E-state index contributed by atoms with van der Waals surface area (Å²) in [6.07, 6.45) is -0.664. The summed E-state index contributed by atoms with van der Waals surface area (Å²) in [6.45, 7) is 5.04. The number of esters is 4. The van der Waals surface area contributed by atoms with Crippen molar-refractivity contribution in [2.75, 3.05) is 13.7 Å². The third-order valence-corrected chi connectivity index (χ3v) is 5.08. The Labute approximate surface area is 202 Å². The molecule has 0 saturated heterocycles. The van der Waals surface area contributed by atoms with E-state index in [-0.39, 0.29) is 24.7 Å². The first kappa shape index (κ1) is 25.5. The van der Waals surface area contributed by atoms with Gasteiger partial charge < -0.3 is 28.4 Å². The number of carbonyl (C=O) groups excluding carboxylic acids is 4. The maximum absolute atomic E-state index is 11.8. The van der Waals surface area contributed by atoms with Gasteiger partial charge in [-0.15, -0.1) is 0 Å². The van der Waals surface area contributed by atoms with Gasteiger partial charge in [0.2, 0.25) is 0 Å². The predicted octanol–water partition coefficient (Wildman–Crippen LogP) is 3.39. The van der Waals surface area contributed by atoms with Gasteiger partial charge >= 0.3 is 23.9 Å². The molecule has 0 saturated carbocycles. The first-order valence-corrected chi connectivity index (χ1v) is 10.7. The van der Waals surface area contributed by atoms with E-state index in [1.54, 1.807) is 30.3 Å². The van der Waals surface area contributed by atoms with Crippen LogP contribution in [0.5, 0.6) is 23.0 Å². The van der Waals surface area contributed by atoms with Gasteiger partial charge in [-0.05, 0) is 35.4 Å². The van der Waals surface area contributed by atoms with E-state index in [1.165, 1.54) is 34.8 Å². The van der Waals surface area contributed by atoms with Gasteiger partial charge in [0.05, 0.1) is 13.0 Å². The van der Waals surface area contributed by atoms with Crippen LogP contribution in [0.3, 0.4) is 0 Å². The monoisotopic (exact) mass is 486 g/mol. The molecule has 0 radical (unpaired) electrons. The molecule has 3 rings (SSSR count). The summed E-state index contributed by atoms with van der Waals surface area (Å²) in [6, 6.07) is 8.23. The van der Waals surface area contributed by atoms with Crippen LogP contribution in [0.25, 0.3) is 0 Å². The number of benzene rings is 2. The number of methoxy groups -OCH3 is 1. The van der Waals surface area contributed by atoms with E-state index in [9.17, 15) is 19.2 Å². The van der Waals surface area contributed by atoms with E-state index in [2.05, 4.69) is 0 Å². The van der Waals surface area contributed by atoms with Crippen LogP contribution < -0.4 is 18.9 Å². The summed E-state index contributed by atoms with van der Waals surface area (Å²) in [4.78, 5) is 46.1. The molecule has 0 spiro atoms. The molecule has 2 aromatic carbocycles. The molecule has 0 unspecified atom stereocenters. The highest BCUT2D eigenvalue weighted by Crippen LogP contribution is 2.52. The molecule has 186 valence electrons. The van der Waals surface area contributed by atoms with Crippen LogP contribution in [0, 0.1) is 0 Å². The van der Waals surface area contributed by atoms with Crippen LogP contribution in [0.1, 0.15) is 56.4 Å². The number of hydrogen-bond acceptors (Lipinski definition) is 10. The van der Waals surface area contributed by atoms with Crippen LogP contribution in [-0.2, 0) is 35.3 Å². The van der Waals surface area contributed by atoms with Gasteiger partial charge in [0.15, 0.2) is 23.0 Å². The van der Waals surface area contributed by atoms with E-state index in [4.69, 9.17) is 28.4 Å². The number of hydrogen-bond donors (Lipinski definition) is 0. The van der Waals surface area contributed by atoms with E-state index < -0.39 is 35.9 Å². The smallest absolute Gasteiger partial charge is 0.308 e. The minimum absolute atomic E-state index is 0.0302. The topological polar surface area (TPSA) is 124 Å². The first-order chi connectivity index (χ1) is 16.6. The normalized spacial score (nSPS) is 15.9. The van der Waals surface area contributed by atoms with E-state index >= 15 is 0 Å². The highest BCUT2D eigenvalue weighted by molar-refractivity contribution is 5.72. The average molecular weight is 486 g/mol. The zero-order valence-corrected chi connectivity index (χ0v) is 20.0. The lowest BCUT2D eigenvalue weighted by Gasteiger charge is -2.20. The third-order valence-electron chi connectivity index (χ3n) is 5.08. The third kappa shape index (κ3) is 6.28. The average Bonchev–Trinajstić information content (AvgIpc) is 3.14. The summed E-state index contributed by atoms with van der Waals surface area (Å²) in [7, 11) is 1.44. The SMILES string of the molecule is COc1cc([C@@H]2Oc3c(OC(C)=O)cc(COC(C)=O)cc3[C@H]2COC(C)=O)ccc1OC(C)=O. The lowest BCUT2D eigenvalue weighted by molar-refractivity contribution is -0.143. The molecular weight excluding hydrogens is 460 g/mol. The Bertz CT molecular complexity index is 1150. The molecule has 0 N–H and O–H groups in total. The molecule has 1 aliphatic heterocycles. The number of rotatable bonds is 8. The molecule has 1 heterocycles. The van der Waals surface area contributed by atoms with E-state index in [0.29, 0.717) is 28.2 Å². The molecule has 0 bridgehead atoms. The number of ether oxygens (including phenoxy) is 6. The Balaban J connectivity index is 2.07. The Hall–Kier alpha value is -4.08. The summed E-state index contributed by atoms with van der Waals surface area (Å²) >= 11 is 0. The maximum Gasteiger partial charge on any atom is 0.308 e. The molecule has 2 atom stereocenters. The van der Waals surface area contributed by atoms with Crippen molar-refractivity contribution in [1.29, 1.82) is 0 Å². The van der Waals surface area contributed by atoms with Crippen molar-refractivity contribution in [2.24, 2.45) is 0 Å². The minimum Gasteiger partial charge on any atom is -0.493 e. The quantitative estimate of drug-likeness (QED) is 0.405. The Morgan fingerprint density at radius 2 is 1.46 bits per heavy atom. The summed E-state index contributed by atoms with van der Waals surface area (Å²) in [5.41, 5.74) is 1.82. The zero-order chi connectivity index (χ0) is 25.7. The fourth-order valence-electron chi connectivity index (χ4n) is 3.74. The van der Waals surface area contributed by atoms with Crippen molar-refractivity contribution >= 4 is 23.9 Å². The molecule has 10 nitrogen and oxygen atoms in total. The molecule has 2 aromatic rings. The number of fused-ring (bicyclic) bond motifs is 1. The van der Waals surface area contributed by atoms with Crippen molar-refractivity contribution in [1.82, 2.24) is 0 Å². The van der Waals surface area contributed by atoms with Crippen LogP contribution >= 0.6 is 0 Å². The summed E-state index contributed by atoms with van der Waals surface area (Å²) < 4.78 is 32.6. The highest BCUT2D eigenvalue weighted by atomic mass is 16.6. The fraction of sp³-hybridized carbons (Fsp3) is 0.360. The minimum atomic E-state index is -0.664. The second kappa shape index (κ2) is 10.9. The Morgan fingerprint density at radius 3 is 2.06 bits per heavy atom. The molecule has 1 aliphatic rings. The van der Waals surface area contributed by atoms with Crippen LogP contribution in [0.15, 0.2) is 30.3 Å². The molecule has 10 heteroatoms. The van der Waals surface area contributed by atoms with E-state index in [1.807, 2.05) is 0 Å². The highest BCUT2D eigenvalue weighted by Gasteiger charge is 2.39. The van der Waals surface area contributed by atoms with Crippen molar-refractivity contribution in [3.63, 3.8) is 0 Å². The molecule has 0 amide bonds. The second-order valence-corrected chi connectivity index (χ2v) is 7.84. The van der Waals surface area contributed by atoms with Crippen molar-refractivity contribution in [3.8, 4) is 23.0 Å². The first-order valence-electron chi connectivity index (χ1n) is 10.7. The van der Waals surface area contributed by atoms with Gasteiger partial charge in [-0.2, -0.15) is 0 Å². The summed E-state index contributed by atoms with van der Waals surface area (Å²) in [5, 5.41) is 0. The van der Waals surface area contributed by atoms with Crippen molar-refractivity contribution < 1.29 is 47.6 Å². The van der Waals surface area contributed by atoms with Gasteiger partial charge in [0.25, 0.3) is 0 Å². The summed E-state index contributed by atoms with van der Waals surface area (Å²) in [5.74, 6) is -1.51. The van der Waals surface area contributed by atoms with Crippen LogP contribution in [0.2, 0.25) is 0 Å². The van der Waals surface area contributed by atoms with Crippen molar-refractivity contribution in [3.05, 3.63) is 47.0 Å². The Kier molecular flexibility index (Phi) is 7.95. The molecular formula is C25H26O10. The number of carbonyl (C=O) groups is 4. The van der Waals surface area contributed by atoms with Crippen molar-refractivity contribution in [2.45, 2.75) is 46.3 Å². The standard InChI is InChI=1S/C25H26O10/c1-13(26)31-11-17-8-19-20(12-32-14(2)27)24(35-25(19)23(9-17)34-16(4)29)18-6-7-21(33-15(3)28)22(10-18)30-5/h6-10,20,24H,11-12H2,1-5H3/t20-,24+/m1/s1. The molecule has 0 fully saturated rings. The van der Waals surface area contributed by atoms with Gasteiger partial charge in [-0.1, -0.05) is 6.07 Å². The van der Waals surface area contributed by atoms with Gasteiger partial charge in [0, 0.05) is 33.3 Å². The lowest BCUT2D eigenvalue weighted by atomic mass is 9.90. The zero-order valence-electron chi connectivity index (χ0n) is 20.0. The molecule has 0 aromatic heterocycles. The Morgan fingerprint density at radius 1 is 0.800 bits per heavy atom. The second-order valence-electron chi connectivity index (χ2n) is 7.84. The predicted molar refractivity (Wildman–Crippen MR) is 120 cm³/mol. The van der Waals surface area contributed by atoms with E-state index in [0.717, 1.165) is 0 Å². The maximum atomic E-state index is 11.8. The molecule has 35 heavy (non-hydrogen) atoms. The molecule has 0 aliphatic carbocycles. The van der Waals surface area contributed by atoms with Gasteiger partial charge in [-0.25, -0.2) is 0 Å². The largest absolute Gasteiger partial charge is 0.493 e. The van der Waals surface area contributed by atoms with Gasteiger partial charge in [0.1, 0.15) is 19.3 Å².